The number of nitrogen functional groups attached to an aromatic ring is 1. The van der Waals surface area contributed by atoms with Crippen LogP contribution in [-0.4, -0.2) is 100 Å². The lowest BCUT2D eigenvalue weighted by molar-refractivity contribution is -0.152. The van der Waals surface area contributed by atoms with Gasteiger partial charge >= 0.3 is 23.9 Å². The molecule has 0 saturated carbocycles. The van der Waals surface area contributed by atoms with Crippen molar-refractivity contribution in [3.8, 4) is 0 Å². The SMILES string of the molecule is CCCCC/C=C/CC(CC(=O)OCCOCCOCCN(CCOCCOC(=O)CC(C/C=C/CCCCC)C(=O)O)c1ccc(N)c(C)c1)C(=O)O. The minimum atomic E-state index is -1.02. The molecule has 0 aliphatic rings. The zero-order valence-corrected chi connectivity index (χ0v) is 32.8. The predicted octanol–water partition coefficient (Wildman–Crippen LogP) is 6.75. The monoisotopic (exact) mass is 762 g/mol. The zero-order valence-electron chi connectivity index (χ0n) is 32.8. The van der Waals surface area contributed by atoms with E-state index in [1.807, 2.05) is 49.4 Å². The summed E-state index contributed by atoms with van der Waals surface area (Å²) in [6.07, 6.45) is 16.3. The van der Waals surface area contributed by atoms with Gasteiger partial charge < -0.3 is 44.5 Å². The third-order valence-corrected chi connectivity index (χ3v) is 8.63. The smallest absolute Gasteiger partial charge is 0.307 e. The van der Waals surface area contributed by atoms with Gasteiger partial charge in [-0.25, -0.2) is 0 Å². The lowest BCUT2D eigenvalue weighted by Crippen LogP contribution is -2.31. The molecule has 0 aliphatic heterocycles. The Morgan fingerprint density at radius 2 is 1.11 bits per heavy atom. The molecule has 0 spiro atoms. The summed E-state index contributed by atoms with van der Waals surface area (Å²) in [4.78, 5) is 49.6. The molecule has 1 aromatic rings. The number of carboxylic acid groups (broad SMARTS) is 2. The summed E-state index contributed by atoms with van der Waals surface area (Å²) in [5.41, 5.74) is 8.61. The van der Waals surface area contributed by atoms with Crippen LogP contribution in [0.4, 0.5) is 11.4 Å². The third-order valence-electron chi connectivity index (χ3n) is 8.63. The quantitative estimate of drug-likeness (QED) is 0.0290. The Morgan fingerprint density at radius 3 is 1.54 bits per heavy atom. The Labute approximate surface area is 322 Å². The van der Waals surface area contributed by atoms with Crippen LogP contribution in [0.3, 0.4) is 0 Å². The molecule has 0 heterocycles. The molecule has 0 aromatic heterocycles. The minimum Gasteiger partial charge on any atom is -0.481 e. The van der Waals surface area contributed by atoms with E-state index in [9.17, 15) is 29.4 Å². The van der Waals surface area contributed by atoms with E-state index in [-0.39, 0.29) is 45.7 Å². The molecule has 306 valence electrons. The number of carbonyl (C=O) groups excluding carboxylic acids is 2. The van der Waals surface area contributed by atoms with E-state index in [0.29, 0.717) is 51.6 Å². The Kier molecular flexibility index (Phi) is 28.0. The molecule has 1 rings (SSSR count). The second kappa shape index (κ2) is 31.4. The molecule has 1 aromatic carbocycles. The molecule has 54 heavy (non-hydrogen) atoms. The molecule has 0 amide bonds. The highest BCUT2D eigenvalue weighted by Crippen LogP contribution is 2.20. The summed E-state index contributed by atoms with van der Waals surface area (Å²) >= 11 is 0. The van der Waals surface area contributed by atoms with Crippen LogP contribution < -0.4 is 10.6 Å². The first kappa shape index (κ1) is 48.1. The first-order valence-corrected chi connectivity index (χ1v) is 19.5. The highest BCUT2D eigenvalue weighted by Gasteiger charge is 2.22. The average molecular weight is 763 g/mol. The lowest BCUT2D eigenvalue weighted by Gasteiger charge is -2.25. The normalized spacial score (nSPS) is 12.6. The number of nitrogens with two attached hydrogens (primary N) is 1. The number of anilines is 2. The maximum Gasteiger partial charge on any atom is 0.307 e. The van der Waals surface area contributed by atoms with Gasteiger partial charge in [-0.05, 0) is 69.2 Å². The number of carbonyl (C=O) groups is 4. The van der Waals surface area contributed by atoms with Crippen LogP contribution in [0.25, 0.3) is 0 Å². The van der Waals surface area contributed by atoms with Crippen molar-refractivity contribution < 1.29 is 53.1 Å². The van der Waals surface area contributed by atoms with Gasteiger partial charge in [-0.3, -0.25) is 19.2 Å². The fourth-order valence-electron chi connectivity index (χ4n) is 5.27. The number of allylic oxidation sites excluding steroid dienone is 4. The van der Waals surface area contributed by atoms with E-state index >= 15 is 0 Å². The van der Waals surface area contributed by atoms with Gasteiger partial charge in [0.25, 0.3) is 0 Å². The number of benzene rings is 1. The molecule has 2 atom stereocenters. The number of esters is 2. The third kappa shape index (κ3) is 24.4. The molecule has 0 aliphatic carbocycles. The fraction of sp³-hybridized carbons (Fsp3) is 0.659. The van der Waals surface area contributed by atoms with Crippen molar-refractivity contribution in [1.29, 1.82) is 0 Å². The van der Waals surface area contributed by atoms with Crippen molar-refractivity contribution in [1.82, 2.24) is 0 Å². The van der Waals surface area contributed by atoms with E-state index in [1.54, 1.807) is 0 Å². The maximum atomic E-state index is 12.3. The predicted molar refractivity (Wildman–Crippen MR) is 209 cm³/mol. The van der Waals surface area contributed by atoms with Gasteiger partial charge in [-0.15, -0.1) is 0 Å². The van der Waals surface area contributed by atoms with Crippen molar-refractivity contribution in [2.75, 3.05) is 76.6 Å². The molecular formula is C41H66N2O11. The number of rotatable bonds is 34. The summed E-state index contributed by atoms with van der Waals surface area (Å²) in [6, 6.07) is 5.77. The number of aliphatic carboxylic acids is 2. The van der Waals surface area contributed by atoms with Crippen LogP contribution in [0.5, 0.6) is 0 Å². The van der Waals surface area contributed by atoms with Crippen LogP contribution >= 0.6 is 0 Å². The molecule has 0 fully saturated rings. The molecule has 4 N–H and O–H groups in total. The van der Waals surface area contributed by atoms with Crippen LogP contribution in [0, 0.1) is 18.8 Å². The Hall–Kier alpha value is -3.94. The number of aryl methyl sites for hydroxylation is 1. The minimum absolute atomic E-state index is 0.0288. The van der Waals surface area contributed by atoms with Crippen molar-refractivity contribution in [3.05, 3.63) is 48.1 Å². The Morgan fingerprint density at radius 1 is 0.667 bits per heavy atom. The first-order valence-electron chi connectivity index (χ1n) is 19.5. The van der Waals surface area contributed by atoms with Gasteiger partial charge in [-0.1, -0.05) is 63.8 Å². The van der Waals surface area contributed by atoms with Crippen LogP contribution in [0.1, 0.15) is 96.5 Å². The number of carboxylic acids is 2. The summed E-state index contributed by atoms with van der Waals surface area (Å²) in [5, 5.41) is 18.9. The number of hydrogen-bond donors (Lipinski definition) is 3. The molecule has 13 nitrogen and oxygen atoms in total. The van der Waals surface area contributed by atoms with Gasteiger partial charge in [0.1, 0.15) is 13.2 Å². The zero-order chi connectivity index (χ0) is 39.8. The van der Waals surface area contributed by atoms with E-state index in [4.69, 9.17) is 29.4 Å². The summed E-state index contributed by atoms with van der Waals surface area (Å²) in [7, 11) is 0. The summed E-state index contributed by atoms with van der Waals surface area (Å²) in [5.74, 6) is -4.80. The van der Waals surface area contributed by atoms with Crippen molar-refractivity contribution in [3.63, 3.8) is 0 Å². The molecule has 0 bridgehead atoms. The van der Waals surface area contributed by atoms with Gasteiger partial charge in [0.15, 0.2) is 0 Å². The standard InChI is InChI=1S/C41H66N2O11/c1-4-6-8-10-12-14-16-34(40(46)47)31-38(44)53-28-26-51-23-21-43(36-18-19-37(42)33(3)30-36)20-22-50-24-25-52-27-29-54-39(45)32-35(41(48)49)17-15-13-11-9-7-5-2/h12-15,18-19,30,34-35H,4-11,16-17,20-29,31-32,42H2,1-3H3,(H,46,47)(H,48,49)/b14-12+,15-13+. The van der Waals surface area contributed by atoms with Crippen molar-refractivity contribution in [2.24, 2.45) is 11.8 Å². The van der Waals surface area contributed by atoms with Gasteiger partial charge in [0.05, 0.1) is 64.3 Å². The van der Waals surface area contributed by atoms with Gasteiger partial charge in [-0.2, -0.15) is 0 Å². The number of ether oxygens (including phenoxy) is 5. The first-order chi connectivity index (χ1) is 26.1. The number of hydrogen-bond acceptors (Lipinski definition) is 11. The van der Waals surface area contributed by atoms with Crippen molar-refractivity contribution in [2.45, 2.75) is 97.8 Å². The molecular weight excluding hydrogens is 696 g/mol. The number of unbranched alkanes of at least 4 members (excludes halogenated alkanes) is 6. The molecule has 13 heteroatoms. The largest absolute Gasteiger partial charge is 0.481 e. The molecule has 0 saturated heterocycles. The second-order valence-electron chi connectivity index (χ2n) is 13.2. The van der Waals surface area contributed by atoms with Crippen molar-refractivity contribution >= 4 is 35.3 Å². The topological polar surface area (TPSA) is 184 Å². The van der Waals surface area contributed by atoms with E-state index in [0.717, 1.165) is 62.6 Å². The Balaban J connectivity index is 2.34. The number of nitrogens with zero attached hydrogens (tertiary/aromatic N) is 1. The van der Waals surface area contributed by atoms with E-state index in [2.05, 4.69) is 18.7 Å². The fourth-order valence-corrected chi connectivity index (χ4v) is 5.27. The van der Waals surface area contributed by atoms with Crippen LogP contribution in [0.15, 0.2) is 42.5 Å². The molecule has 0 radical (unpaired) electrons. The van der Waals surface area contributed by atoms with Gasteiger partial charge in [0, 0.05) is 24.5 Å². The van der Waals surface area contributed by atoms with Gasteiger partial charge in [0.2, 0.25) is 0 Å². The lowest BCUT2D eigenvalue weighted by atomic mass is 10.0. The molecule has 2 unspecified atom stereocenters. The maximum absolute atomic E-state index is 12.3. The van der Waals surface area contributed by atoms with E-state index < -0.39 is 35.7 Å². The highest BCUT2D eigenvalue weighted by atomic mass is 16.6. The van der Waals surface area contributed by atoms with Crippen LogP contribution in [0.2, 0.25) is 0 Å². The summed E-state index contributed by atoms with van der Waals surface area (Å²) in [6.45, 7) is 9.07. The van der Waals surface area contributed by atoms with Crippen LogP contribution in [-0.2, 0) is 42.9 Å². The second-order valence-corrected chi connectivity index (χ2v) is 13.2. The van der Waals surface area contributed by atoms with E-state index in [1.165, 1.54) is 0 Å². The average Bonchev–Trinajstić information content (AvgIpc) is 3.14. The summed E-state index contributed by atoms with van der Waals surface area (Å²) < 4.78 is 27.4. The highest BCUT2D eigenvalue weighted by molar-refractivity contribution is 5.79. The Bertz CT molecular complexity index is 1250.